The fourth-order valence-electron chi connectivity index (χ4n) is 5.50. The van der Waals surface area contributed by atoms with E-state index in [2.05, 4.69) is 13.0 Å². The number of carboxylic acids is 1. The lowest BCUT2D eigenvalue weighted by atomic mass is 9.93. The van der Waals surface area contributed by atoms with Crippen molar-refractivity contribution in [3.8, 4) is 6.07 Å². The topological polar surface area (TPSA) is 83.1 Å². The summed E-state index contributed by atoms with van der Waals surface area (Å²) in [5, 5.41) is 20.2. The molecule has 1 atom stereocenters. The predicted molar refractivity (Wildman–Crippen MR) is 133 cm³/mol. The number of carboxylic acid groups (broad SMARTS) is 1. The molecule has 1 heterocycles. The number of benzene rings is 2. The van der Waals surface area contributed by atoms with Crippen molar-refractivity contribution in [3.63, 3.8) is 0 Å². The summed E-state index contributed by atoms with van der Waals surface area (Å²) in [5.74, 6) is -0.815. The minimum atomic E-state index is -1.03. The summed E-state index contributed by atoms with van der Waals surface area (Å²) >= 11 is 0. The lowest BCUT2D eigenvalue weighted by molar-refractivity contribution is 0.0698. The maximum absolute atomic E-state index is 13.9. The Kier molecular flexibility index (Phi) is 7.17. The quantitative estimate of drug-likeness (QED) is 0.318. The van der Waals surface area contributed by atoms with E-state index in [9.17, 15) is 20.0 Å². The van der Waals surface area contributed by atoms with Crippen molar-refractivity contribution in [3.05, 3.63) is 69.9 Å². The number of aromatic carboxylic acids is 1. The first-order valence-corrected chi connectivity index (χ1v) is 12.4. The molecule has 0 bridgehead atoms. The molecule has 176 valence electrons. The van der Waals surface area contributed by atoms with Crippen molar-refractivity contribution in [2.45, 2.75) is 71.6 Å². The summed E-state index contributed by atoms with van der Waals surface area (Å²) in [6.07, 6.45) is 9.78. The van der Waals surface area contributed by atoms with Gasteiger partial charge in [0.25, 0.3) is 5.91 Å². The fraction of sp³-hybridized carbons (Fsp3) is 0.414. The van der Waals surface area contributed by atoms with Gasteiger partial charge in [-0.15, -0.1) is 0 Å². The number of unbranched alkanes of at least 4 members (excludes halogenated alkanes) is 3. The number of rotatable bonds is 7. The summed E-state index contributed by atoms with van der Waals surface area (Å²) in [4.78, 5) is 26.1. The van der Waals surface area contributed by atoms with Crippen LogP contribution in [0.25, 0.3) is 10.9 Å². The molecule has 0 spiro atoms. The van der Waals surface area contributed by atoms with Crippen molar-refractivity contribution >= 4 is 22.8 Å². The number of carbonyl (C=O) groups is 2. The van der Waals surface area contributed by atoms with Crippen molar-refractivity contribution in [2.75, 3.05) is 0 Å². The Morgan fingerprint density at radius 1 is 1.18 bits per heavy atom. The molecule has 4 rings (SSSR count). The van der Waals surface area contributed by atoms with Gasteiger partial charge in [-0.1, -0.05) is 51.2 Å². The third-order valence-corrected chi connectivity index (χ3v) is 7.19. The molecule has 1 aliphatic carbocycles. The van der Waals surface area contributed by atoms with Gasteiger partial charge in [-0.05, 0) is 73.9 Å². The molecular formula is C29H32N2O3. The number of aryl methyl sites for hydroxylation is 2. The average Bonchev–Trinajstić information content (AvgIpc) is 3.01. The van der Waals surface area contributed by atoms with E-state index in [1.165, 1.54) is 25.7 Å². The summed E-state index contributed by atoms with van der Waals surface area (Å²) in [5.41, 5.74) is 4.54. The van der Waals surface area contributed by atoms with E-state index in [1.807, 2.05) is 13.0 Å². The Morgan fingerprint density at radius 2 is 2.00 bits per heavy atom. The molecule has 5 heteroatoms. The number of carbonyl (C=O) groups excluding carboxylic acids is 1. The number of nitrogens with zero attached hydrogens (tertiary/aromatic N) is 2. The van der Waals surface area contributed by atoms with E-state index < -0.39 is 5.97 Å². The monoisotopic (exact) mass is 456 g/mol. The highest BCUT2D eigenvalue weighted by atomic mass is 16.4. The standard InChI is InChI=1S/C29H32N2O3/c1-3-4-5-6-9-20-10-8-13-23-25(17-20)31(28(32)22-12-7-11-21(16-22)18-30)27-24(29(33)34)15-14-19(2)26(23)27/h7,11-12,14-16,20H,3-6,8-10,13,17H2,1-2H3,(H,33,34). The number of hydrogen-bond acceptors (Lipinski definition) is 3. The van der Waals surface area contributed by atoms with E-state index >= 15 is 0 Å². The van der Waals surface area contributed by atoms with Crippen LogP contribution in [-0.4, -0.2) is 21.6 Å². The van der Waals surface area contributed by atoms with Gasteiger partial charge < -0.3 is 5.11 Å². The molecule has 1 aromatic heterocycles. The van der Waals surface area contributed by atoms with Crippen LogP contribution in [0.3, 0.4) is 0 Å². The van der Waals surface area contributed by atoms with Gasteiger partial charge in [0.1, 0.15) is 0 Å². The summed E-state index contributed by atoms with van der Waals surface area (Å²) in [7, 11) is 0. The first-order chi connectivity index (χ1) is 16.5. The minimum absolute atomic E-state index is 0.151. The predicted octanol–water partition coefficient (Wildman–Crippen LogP) is 6.67. The summed E-state index contributed by atoms with van der Waals surface area (Å²) in [6, 6.07) is 12.2. The van der Waals surface area contributed by atoms with E-state index in [0.29, 0.717) is 22.6 Å². The highest BCUT2D eigenvalue weighted by Gasteiger charge is 2.30. The molecule has 0 radical (unpaired) electrons. The second-order valence-corrected chi connectivity index (χ2v) is 9.53. The molecule has 1 unspecified atom stereocenters. The summed E-state index contributed by atoms with van der Waals surface area (Å²) < 4.78 is 1.67. The van der Waals surface area contributed by atoms with E-state index in [0.717, 1.165) is 54.3 Å². The SMILES string of the molecule is CCCCCCC1CCCc2c(n(C(=O)c3cccc(C#N)c3)c3c(C(=O)O)ccc(C)c23)C1. The van der Waals surface area contributed by atoms with Crippen molar-refractivity contribution in [2.24, 2.45) is 5.92 Å². The highest BCUT2D eigenvalue weighted by molar-refractivity contribution is 6.11. The van der Waals surface area contributed by atoms with Gasteiger partial charge in [0.05, 0.1) is 22.7 Å². The molecule has 1 aliphatic rings. The van der Waals surface area contributed by atoms with Gasteiger partial charge >= 0.3 is 5.97 Å². The molecule has 0 saturated heterocycles. The van der Waals surface area contributed by atoms with Crippen molar-refractivity contribution in [1.82, 2.24) is 4.57 Å². The van der Waals surface area contributed by atoms with Crippen LogP contribution in [0.5, 0.6) is 0 Å². The molecule has 0 fully saturated rings. The van der Waals surface area contributed by atoms with Crippen LogP contribution < -0.4 is 0 Å². The molecule has 0 amide bonds. The van der Waals surface area contributed by atoms with E-state index in [4.69, 9.17) is 0 Å². The van der Waals surface area contributed by atoms with Gasteiger partial charge in [-0.25, -0.2) is 4.79 Å². The first kappa shape index (κ1) is 23.8. The lowest BCUT2D eigenvalue weighted by Gasteiger charge is -2.17. The number of hydrogen-bond donors (Lipinski definition) is 1. The first-order valence-electron chi connectivity index (χ1n) is 12.4. The van der Waals surface area contributed by atoms with Gasteiger partial charge in [0, 0.05) is 16.6 Å². The Balaban J connectivity index is 1.90. The smallest absolute Gasteiger partial charge is 0.337 e. The fourth-order valence-corrected chi connectivity index (χ4v) is 5.50. The maximum atomic E-state index is 13.9. The van der Waals surface area contributed by atoms with Crippen molar-refractivity contribution < 1.29 is 14.7 Å². The molecular weight excluding hydrogens is 424 g/mol. The van der Waals surface area contributed by atoms with Crippen LogP contribution in [-0.2, 0) is 12.8 Å². The molecule has 2 aromatic carbocycles. The van der Waals surface area contributed by atoms with Gasteiger partial charge in [-0.3, -0.25) is 9.36 Å². The molecule has 5 nitrogen and oxygen atoms in total. The minimum Gasteiger partial charge on any atom is -0.478 e. The number of aromatic nitrogens is 1. The second-order valence-electron chi connectivity index (χ2n) is 9.53. The maximum Gasteiger partial charge on any atom is 0.337 e. The Bertz CT molecular complexity index is 1280. The van der Waals surface area contributed by atoms with Crippen LogP contribution in [0.2, 0.25) is 0 Å². The van der Waals surface area contributed by atoms with Crippen LogP contribution >= 0.6 is 0 Å². The van der Waals surface area contributed by atoms with E-state index in [1.54, 1.807) is 34.9 Å². The van der Waals surface area contributed by atoms with Gasteiger partial charge in [-0.2, -0.15) is 5.26 Å². The van der Waals surface area contributed by atoms with Crippen LogP contribution in [0.4, 0.5) is 0 Å². The third-order valence-electron chi connectivity index (χ3n) is 7.19. The summed E-state index contributed by atoms with van der Waals surface area (Å²) in [6.45, 7) is 4.21. The molecule has 1 N–H and O–H groups in total. The highest BCUT2D eigenvalue weighted by Crippen LogP contribution is 2.38. The van der Waals surface area contributed by atoms with E-state index in [-0.39, 0.29) is 11.5 Å². The van der Waals surface area contributed by atoms with Gasteiger partial charge in [0.2, 0.25) is 0 Å². The van der Waals surface area contributed by atoms with Crippen LogP contribution in [0, 0.1) is 24.2 Å². The van der Waals surface area contributed by atoms with Crippen molar-refractivity contribution in [1.29, 1.82) is 5.26 Å². The second kappa shape index (κ2) is 10.3. The normalized spacial score (nSPS) is 15.5. The average molecular weight is 457 g/mol. The Hall–Kier alpha value is -3.39. The Morgan fingerprint density at radius 3 is 2.74 bits per heavy atom. The third kappa shape index (κ3) is 4.50. The largest absolute Gasteiger partial charge is 0.478 e. The number of fused-ring (bicyclic) bond motifs is 3. The molecule has 0 saturated carbocycles. The van der Waals surface area contributed by atoms with Crippen LogP contribution in [0.15, 0.2) is 36.4 Å². The van der Waals surface area contributed by atoms with Gasteiger partial charge in [0.15, 0.2) is 0 Å². The van der Waals surface area contributed by atoms with Crippen LogP contribution in [0.1, 0.15) is 95.0 Å². The number of nitriles is 1. The molecule has 0 aliphatic heterocycles. The zero-order valence-electron chi connectivity index (χ0n) is 20.1. The lowest BCUT2D eigenvalue weighted by Crippen LogP contribution is -2.18. The zero-order valence-corrected chi connectivity index (χ0v) is 20.1. The Labute approximate surface area is 201 Å². The molecule has 3 aromatic rings. The molecule has 34 heavy (non-hydrogen) atoms. The zero-order chi connectivity index (χ0) is 24.2.